The van der Waals surface area contributed by atoms with Gasteiger partial charge in [-0.1, -0.05) is 0 Å². The lowest BCUT2D eigenvalue weighted by Gasteiger charge is -2.04. The number of carbonyl (C=O) groups is 1. The van der Waals surface area contributed by atoms with Gasteiger partial charge in [0, 0.05) is 31.7 Å². The molecular formula is C11H11N3O3. The number of carboxylic acid groups (broad SMARTS) is 1. The Bertz CT molecular complexity index is 612. The molecule has 0 spiro atoms. The summed E-state index contributed by atoms with van der Waals surface area (Å²) in [7, 11) is 1.80. The number of aryl methyl sites for hydroxylation is 1. The first kappa shape index (κ1) is 11.1. The summed E-state index contributed by atoms with van der Waals surface area (Å²) in [6, 6.07) is 3.07. The van der Waals surface area contributed by atoms with Crippen LogP contribution >= 0.6 is 0 Å². The molecule has 0 amide bonds. The van der Waals surface area contributed by atoms with Crippen LogP contribution in [-0.2, 0) is 13.6 Å². The molecule has 0 radical (unpaired) electrons. The van der Waals surface area contributed by atoms with Gasteiger partial charge in [-0.05, 0) is 6.07 Å². The first-order valence-corrected chi connectivity index (χ1v) is 4.98. The zero-order valence-electron chi connectivity index (χ0n) is 9.20. The number of nitrogens with zero attached hydrogens (tertiary/aromatic N) is 3. The van der Waals surface area contributed by atoms with Crippen LogP contribution in [-0.4, -0.2) is 25.4 Å². The minimum Gasteiger partial charge on any atom is -0.477 e. The SMILES string of the molecule is Cn1ccc(Cn2ccc(=O)c(C(=O)O)c2)n1. The molecule has 88 valence electrons. The molecule has 6 nitrogen and oxygen atoms in total. The highest BCUT2D eigenvalue weighted by Crippen LogP contribution is 2.00. The van der Waals surface area contributed by atoms with Crippen molar-refractivity contribution in [2.45, 2.75) is 6.54 Å². The van der Waals surface area contributed by atoms with Gasteiger partial charge in [-0.2, -0.15) is 5.10 Å². The van der Waals surface area contributed by atoms with Gasteiger partial charge < -0.3 is 9.67 Å². The molecule has 6 heteroatoms. The van der Waals surface area contributed by atoms with Gasteiger partial charge >= 0.3 is 5.97 Å². The van der Waals surface area contributed by atoms with E-state index >= 15 is 0 Å². The number of aromatic carboxylic acids is 1. The Morgan fingerprint density at radius 2 is 2.18 bits per heavy atom. The van der Waals surface area contributed by atoms with Gasteiger partial charge in [-0.3, -0.25) is 9.48 Å². The zero-order chi connectivity index (χ0) is 12.4. The molecule has 0 fully saturated rings. The van der Waals surface area contributed by atoms with Crippen molar-refractivity contribution in [2.75, 3.05) is 0 Å². The Morgan fingerprint density at radius 3 is 2.76 bits per heavy atom. The molecule has 2 aromatic rings. The number of pyridine rings is 1. The Labute approximate surface area is 96.7 Å². The smallest absolute Gasteiger partial charge is 0.341 e. The quantitative estimate of drug-likeness (QED) is 0.828. The molecule has 1 N–H and O–H groups in total. The van der Waals surface area contributed by atoms with E-state index in [0.717, 1.165) is 5.69 Å². The Balaban J connectivity index is 2.31. The van der Waals surface area contributed by atoms with Crippen molar-refractivity contribution in [2.24, 2.45) is 7.05 Å². The van der Waals surface area contributed by atoms with Gasteiger partial charge in [0.1, 0.15) is 5.56 Å². The molecule has 0 aliphatic heterocycles. The lowest BCUT2D eigenvalue weighted by molar-refractivity contribution is 0.0694. The minimum absolute atomic E-state index is 0.233. The van der Waals surface area contributed by atoms with Crippen LogP contribution in [0, 0.1) is 0 Å². The predicted molar refractivity (Wildman–Crippen MR) is 60.0 cm³/mol. The summed E-state index contributed by atoms with van der Waals surface area (Å²) in [5, 5.41) is 13.0. The second-order valence-electron chi connectivity index (χ2n) is 3.68. The maximum absolute atomic E-state index is 11.3. The third-order valence-corrected chi connectivity index (χ3v) is 2.32. The number of hydrogen-bond donors (Lipinski definition) is 1. The standard InChI is InChI=1S/C11H11N3O3/c1-13-4-2-8(12-13)6-14-5-3-10(15)9(7-14)11(16)17/h2-5,7H,6H2,1H3,(H,16,17). The summed E-state index contributed by atoms with van der Waals surface area (Å²) >= 11 is 0. The number of rotatable bonds is 3. The number of carboxylic acids is 1. The molecule has 0 unspecified atom stereocenters. The molecule has 17 heavy (non-hydrogen) atoms. The van der Waals surface area contributed by atoms with Crippen molar-refractivity contribution < 1.29 is 9.90 Å². The van der Waals surface area contributed by atoms with E-state index < -0.39 is 11.4 Å². The van der Waals surface area contributed by atoms with Crippen molar-refractivity contribution in [3.63, 3.8) is 0 Å². The van der Waals surface area contributed by atoms with E-state index in [0.29, 0.717) is 6.54 Å². The topological polar surface area (TPSA) is 77.1 Å². The van der Waals surface area contributed by atoms with E-state index in [2.05, 4.69) is 5.10 Å². The van der Waals surface area contributed by atoms with E-state index in [1.807, 2.05) is 6.07 Å². The lowest BCUT2D eigenvalue weighted by Crippen LogP contribution is -2.16. The van der Waals surface area contributed by atoms with Crippen molar-refractivity contribution >= 4 is 5.97 Å². The van der Waals surface area contributed by atoms with Gasteiger partial charge in [0.25, 0.3) is 0 Å². The minimum atomic E-state index is -1.22. The molecule has 2 aromatic heterocycles. The van der Waals surface area contributed by atoms with E-state index in [-0.39, 0.29) is 5.56 Å². The fourth-order valence-electron chi connectivity index (χ4n) is 1.52. The van der Waals surface area contributed by atoms with Crippen LogP contribution in [0.2, 0.25) is 0 Å². The highest BCUT2D eigenvalue weighted by Gasteiger charge is 2.08. The average molecular weight is 233 g/mol. The average Bonchev–Trinajstić information content (AvgIpc) is 2.66. The van der Waals surface area contributed by atoms with E-state index in [4.69, 9.17) is 5.11 Å². The predicted octanol–water partition coefficient (Wildman–Crippen LogP) is 0.328. The molecule has 0 atom stereocenters. The summed E-state index contributed by atoms with van der Waals surface area (Å²) in [5.74, 6) is -1.22. The van der Waals surface area contributed by atoms with Crippen LogP contribution in [0.1, 0.15) is 16.1 Å². The van der Waals surface area contributed by atoms with Crippen molar-refractivity contribution in [1.82, 2.24) is 14.3 Å². The molecule has 0 saturated heterocycles. The molecule has 0 saturated carbocycles. The molecule has 0 bridgehead atoms. The van der Waals surface area contributed by atoms with E-state index in [1.165, 1.54) is 12.3 Å². The second kappa shape index (κ2) is 4.25. The molecule has 2 rings (SSSR count). The van der Waals surface area contributed by atoms with Crippen molar-refractivity contribution in [3.8, 4) is 0 Å². The third-order valence-electron chi connectivity index (χ3n) is 2.32. The summed E-state index contributed by atoms with van der Waals surface area (Å²) in [6.45, 7) is 0.432. The van der Waals surface area contributed by atoms with Crippen LogP contribution in [0.3, 0.4) is 0 Å². The fourth-order valence-corrected chi connectivity index (χ4v) is 1.52. The van der Waals surface area contributed by atoms with Crippen LogP contribution in [0.15, 0.2) is 35.5 Å². The zero-order valence-corrected chi connectivity index (χ0v) is 9.20. The van der Waals surface area contributed by atoms with Crippen LogP contribution in [0.5, 0.6) is 0 Å². The summed E-state index contributed by atoms with van der Waals surface area (Å²) in [4.78, 5) is 22.1. The molecule has 0 aliphatic rings. The van der Waals surface area contributed by atoms with Gasteiger partial charge in [-0.15, -0.1) is 0 Å². The van der Waals surface area contributed by atoms with Gasteiger partial charge in [0.15, 0.2) is 5.43 Å². The highest BCUT2D eigenvalue weighted by molar-refractivity contribution is 5.86. The normalized spacial score (nSPS) is 10.4. The molecule has 2 heterocycles. The van der Waals surface area contributed by atoms with Gasteiger partial charge in [0.05, 0.1) is 12.2 Å². The first-order valence-electron chi connectivity index (χ1n) is 4.98. The van der Waals surface area contributed by atoms with Gasteiger partial charge in [-0.25, -0.2) is 4.79 Å². The Morgan fingerprint density at radius 1 is 1.41 bits per heavy atom. The largest absolute Gasteiger partial charge is 0.477 e. The Hall–Kier alpha value is -2.37. The fraction of sp³-hybridized carbons (Fsp3) is 0.182. The van der Waals surface area contributed by atoms with E-state index in [9.17, 15) is 9.59 Å². The summed E-state index contributed by atoms with van der Waals surface area (Å²) in [6.07, 6.45) is 4.67. The lowest BCUT2D eigenvalue weighted by atomic mass is 10.2. The van der Waals surface area contributed by atoms with Crippen LogP contribution in [0.4, 0.5) is 0 Å². The van der Waals surface area contributed by atoms with Gasteiger partial charge in [0.2, 0.25) is 0 Å². The second-order valence-corrected chi connectivity index (χ2v) is 3.68. The van der Waals surface area contributed by atoms with Crippen molar-refractivity contribution in [3.05, 3.63) is 52.2 Å². The van der Waals surface area contributed by atoms with E-state index in [1.54, 1.807) is 28.7 Å². The van der Waals surface area contributed by atoms with Crippen LogP contribution in [0.25, 0.3) is 0 Å². The molecule has 0 aromatic carbocycles. The maximum atomic E-state index is 11.3. The van der Waals surface area contributed by atoms with Crippen LogP contribution < -0.4 is 5.43 Å². The number of hydrogen-bond acceptors (Lipinski definition) is 3. The summed E-state index contributed by atoms with van der Waals surface area (Å²) < 4.78 is 3.28. The Kier molecular flexibility index (Phi) is 2.78. The molecular weight excluding hydrogens is 222 g/mol. The number of aromatic nitrogens is 3. The third kappa shape index (κ3) is 2.41. The molecule has 0 aliphatic carbocycles. The maximum Gasteiger partial charge on any atom is 0.341 e. The monoisotopic (exact) mass is 233 g/mol. The first-order chi connectivity index (χ1) is 8.06. The van der Waals surface area contributed by atoms with Crippen molar-refractivity contribution in [1.29, 1.82) is 0 Å². The highest BCUT2D eigenvalue weighted by atomic mass is 16.4. The summed E-state index contributed by atoms with van der Waals surface area (Å²) in [5.41, 5.74) is 0.0747.